The zero-order valence-corrected chi connectivity index (χ0v) is 6.64. The summed E-state index contributed by atoms with van der Waals surface area (Å²) in [7, 11) is 0. The highest BCUT2D eigenvalue weighted by Crippen LogP contribution is 2.13. The Morgan fingerprint density at radius 3 is 3.17 bits per heavy atom. The highest BCUT2D eigenvalue weighted by atomic mass is 35.5. The van der Waals surface area contributed by atoms with Gasteiger partial charge in [-0.25, -0.2) is 0 Å². The Morgan fingerprint density at radius 1 is 1.75 bits per heavy atom. The predicted molar refractivity (Wildman–Crippen MR) is 47.6 cm³/mol. The summed E-state index contributed by atoms with van der Waals surface area (Å²) in [4.78, 5) is 11.4. The van der Waals surface area contributed by atoms with Gasteiger partial charge >= 0.3 is 0 Å². The fraction of sp³-hybridized carbons (Fsp3) is 0.125. The van der Waals surface area contributed by atoms with Gasteiger partial charge in [-0.1, -0.05) is 23.7 Å². The van der Waals surface area contributed by atoms with E-state index < -0.39 is 29.6 Å². The molecule has 1 aromatic carbocycles. The van der Waals surface area contributed by atoms with Crippen molar-refractivity contribution in [2.45, 2.75) is 6.02 Å². The van der Waals surface area contributed by atoms with Crippen LogP contribution in [0.3, 0.4) is 0 Å². The van der Waals surface area contributed by atoms with Crippen LogP contribution in [0.4, 0.5) is 0 Å². The molecule has 0 saturated carbocycles. The van der Waals surface area contributed by atoms with Crippen molar-refractivity contribution in [1.29, 1.82) is 0 Å². The quantitative estimate of drug-likeness (QED) is 0.725. The van der Waals surface area contributed by atoms with Crippen LogP contribution in [0, 0.1) is 0 Å². The minimum atomic E-state index is -2.59. The van der Waals surface area contributed by atoms with E-state index in [4.69, 9.17) is 25.6 Å². The lowest BCUT2D eigenvalue weighted by molar-refractivity contribution is -0.119. The number of primary amides is 1. The van der Waals surface area contributed by atoms with Gasteiger partial charge in [-0.3, -0.25) is 4.79 Å². The van der Waals surface area contributed by atoms with Crippen molar-refractivity contribution in [1.82, 2.24) is 0 Å². The molecule has 1 atom stereocenters. The van der Waals surface area contributed by atoms with Crippen LogP contribution in [0.5, 0.6) is 0 Å². The molecule has 0 heterocycles. The van der Waals surface area contributed by atoms with E-state index in [1.807, 2.05) is 0 Å². The second-order valence-electron chi connectivity index (χ2n) is 1.99. The van der Waals surface area contributed by atoms with E-state index in [0.717, 1.165) is 6.07 Å². The maximum Gasteiger partial charge on any atom is 0.238 e. The molecule has 3 nitrogen and oxygen atoms in total. The third-order valence-electron chi connectivity index (χ3n) is 1.17. The monoisotopic (exact) mass is 190 g/mol. The van der Waals surface area contributed by atoms with Gasteiger partial charge in [0.25, 0.3) is 0 Å². The molecule has 0 aliphatic heterocycles. The maximum absolute atomic E-state index is 11.4. The molecule has 0 fully saturated rings. The fourth-order valence-electron chi connectivity index (χ4n) is 0.590. The summed E-state index contributed by atoms with van der Waals surface area (Å²) in [6, 6.07) is -3.14. The Balaban J connectivity index is 3.47. The van der Waals surface area contributed by atoms with E-state index >= 15 is 0 Å². The third kappa shape index (κ3) is 1.96. The van der Waals surface area contributed by atoms with E-state index in [2.05, 4.69) is 0 Å². The van der Waals surface area contributed by atoms with Crippen molar-refractivity contribution < 1.29 is 13.1 Å². The van der Waals surface area contributed by atoms with Gasteiger partial charge in [0.05, 0.1) is 5.48 Å². The smallest absolute Gasteiger partial charge is 0.238 e. The topological polar surface area (TPSA) is 69.1 Å². The van der Waals surface area contributed by atoms with E-state index in [9.17, 15) is 4.79 Å². The van der Waals surface area contributed by atoms with Crippen LogP contribution >= 0.6 is 11.6 Å². The molecule has 0 bridgehead atoms. The Bertz CT molecular complexity index is 507. The highest BCUT2D eigenvalue weighted by Gasteiger charge is 2.10. The van der Waals surface area contributed by atoms with Gasteiger partial charge in [-0.05, 0) is 17.6 Å². The molecule has 4 heteroatoms. The minimum Gasteiger partial charge on any atom is -0.368 e. The Kier molecular flexibility index (Phi) is 1.12. The summed E-state index contributed by atoms with van der Waals surface area (Å²) in [5, 5.41) is -0.291. The van der Waals surface area contributed by atoms with Crippen LogP contribution in [0.2, 0.25) is 7.85 Å². The van der Waals surface area contributed by atoms with Crippen LogP contribution in [-0.4, -0.2) is 5.91 Å². The van der Waals surface area contributed by atoms with Crippen LogP contribution in [-0.2, 0) is 4.79 Å². The van der Waals surface area contributed by atoms with Crippen molar-refractivity contribution in [3.8, 4) is 0 Å². The van der Waals surface area contributed by atoms with Crippen LogP contribution in [0.1, 0.15) is 17.1 Å². The molecule has 1 amide bonds. The van der Waals surface area contributed by atoms with E-state index in [1.165, 1.54) is 0 Å². The summed E-state index contributed by atoms with van der Waals surface area (Å²) in [5.41, 5.74) is 4.55. The third-order valence-corrected chi connectivity index (χ3v) is 1.37. The molecule has 0 aliphatic carbocycles. The number of carbonyl (C=O) groups excluding carboxylic acids is 1. The molecule has 64 valence electrons. The van der Waals surface area contributed by atoms with Gasteiger partial charge in [0.15, 0.2) is 2.82 Å². The molecule has 4 N–H and O–H groups in total. The van der Waals surface area contributed by atoms with Crippen LogP contribution in [0.25, 0.3) is 0 Å². The van der Waals surface area contributed by atoms with Crippen LogP contribution in [0.15, 0.2) is 24.2 Å². The average Bonchev–Trinajstić information content (AvgIpc) is 2.29. The Hall–Kier alpha value is -1.06. The van der Waals surface area contributed by atoms with E-state index in [-0.39, 0.29) is 16.8 Å². The normalized spacial score (nSPS) is 21.8. The summed E-state index contributed by atoms with van der Waals surface area (Å²) in [6.45, 7) is 0. The number of benzene rings is 1. The number of amides is 1. The molecule has 0 aliphatic rings. The van der Waals surface area contributed by atoms with Gasteiger partial charge in [0.2, 0.25) is 5.91 Å². The largest absolute Gasteiger partial charge is 0.368 e. The summed E-state index contributed by atoms with van der Waals surface area (Å²) in [6.07, 6.45) is 0. The van der Waals surface area contributed by atoms with Crippen molar-refractivity contribution in [2.75, 3.05) is 0 Å². The molecule has 1 rings (SSSR count). The van der Waals surface area contributed by atoms with E-state index in [0.29, 0.717) is 0 Å². The maximum atomic E-state index is 11.4. The number of carbonyl (C=O) groups is 1. The lowest BCUT2D eigenvalue weighted by atomic mass is 10.1. The second kappa shape index (κ2) is 3.56. The fourth-order valence-corrected chi connectivity index (χ4v) is 0.692. The number of hydrogen-bond acceptors (Lipinski definition) is 2. The molecule has 0 aromatic heterocycles. The lowest BCUT2D eigenvalue weighted by Gasteiger charge is -2.06. The number of nitrogens with two attached hydrogens (primary N) is 2. The number of rotatable bonds is 2. The Morgan fingerprint density at radius 2 is 2.50 bits per heavy atom. The van der Waals surface area contributed by atoms with Crippen molar-refractivity contribution in [3.63, 3.8) is 0 Å². The molecule has 0 radical (unpaired) electrons. The average molecular weight is 191 g/mol. The molecule has 1 unspecified atom stereocenters. The predicted octanol–water partition coefficient (Wildman–Crippen LogP) is 0.825. The number of halogens is 1. The van der Waals surface area contributed by atoms with Gasteiger partial charge in [0, 0.05) is 5.02 Å². The van der Waals surface area contributed by atoms with Crippen molar-refractivity contribution in [2.24, 2.45) is 11.5 Å². The summed E-state index contributed by atoms with van der Waals surface area (Å²) >= 11 is 5.58. The molecular weight excluding hydrogens is 176 g/mol. The zero-order chi connectivity index (χ0) is 14.2. The summed E-state index contributed by atoms with van der Waals surface area (Å²) < 4.78 is 43.6. The zero-order valence-electron chi connectivity index (χ0n) is 11.9. The standard InChI is InChI=1S/C8H9ClN2O/c9-6-3-1-5(2-4-6)7(10)8(11)12/h1-4,7H,10H2,(H2,11,12)/i1D,3D,4D,7D/hD2. The van der Waals surface area contributed by atoms with E-state index in [1.54, 1.807) is 0 Å². The SMILES string of the molecule is [2H]c1cc(C([2H])(N)C(=O)N([2H])[2H])c([2H])c([2H])c1Cl. The first-order chi connectivity index (χ1) is 8.10. The molecule has 12 heavy (non-hydrogen) atoms. The first kappa shape index (κ1) is 3.77. The van der Waals surface area contributed by atoms with Crippen LogP contribution < -0.4 is 11.5 Å². The van der Waals surface area contributed by atoms with Gasteiger partial charge in [-0.2, -0.15) is 0 Å². The summed E-state index contributed by atoms with van der Waals surface area (Å²) in [5.74, 6) is -1.41. The lowest BCUT2D eigenvalue weighted by Crippen LogP contribution is -2.28. The molecule has 0 saturated heterocycles. The van der Waals surface area contributed by atoms with Gasteiger partial charge in [0.1, 0.15) is 6.02 Å². The number of hydrogen-bond donors (Lipinski definition) is 2. The van der Waals surface area contributed by atoms with Crippen molar-refractivity contribution in [3.05, 3.63) is 34.8 Å². The molecule has 1 aromatic rings. The van der Waals surface area contributed by atoms with Gasteiger partial charge in [-0.15, -0.1) is 0 Å². The second-order valence-corrected chi connectivity index (χ2v) is 2.36. The minimum absolute atomic E-state index is 0.291. The first-order valence-electron chi connectivity index (χ1n) is 5.88. The van der Waals surface area contributed by atoms with Gasteiger partial charge < -0.3 is 11.5 Å². The first-order valence-corrected chi connectivity index (χ1v) is 3.36. The highest BCUT2D eigenvalue weighted by molar-refractivity contribution is 6.30. The molecule has 0 spiro atoms. The Labute approximate surface area is 83.9 Å². The molecular formula is C8H9ClN2O. The van der Waals surface area contributed by atoms with Crippen molar-refractivity contribution >= 4 is 17.5 Å².